The van der Waals surface area contributed by atoms with Crippen molar-refractivity contribution in [3.63, 3.8) is 0 Å². The van der Waals surface area contributed by atoms with Crippen molar-refractivity contribution in [3.8, 4) is 5.75 Å². The largest absolute Gasteiger partial charge is 0.495 e. The van der Waals surface area contributed by atoms with Gasteiger partial charge in [0.1, 0.15) is 5.75 Å². The molecule has 0 aromatic heterocycles. The van der Waals surface area contributed by atoms with Crippen LogP contribution in [0.15, 0.2) is 41.3 Å². The van der Waals surface area contributed by atoms with Crippen LogP contribution in [0.3, 0.4) is 0 Å². The predicted octanol–water partition coefficient (Wildman–Crippen LogP) is 3.59. The maximum absolute atomic E-state index is 13.3. The first-order valence-corrected chi connectivity index (χ1v) is 11.4. The summed E-state index contributed by atoms with van der Waals surface area (Å²) in [5.41, 5.74) is 0.439. The molecule has 0 atom stereocenters. The molecule has 31 heavy (non-hydrogen) atoms. The van der Waals surface area contributed by atoms with Gasteiger partial charge in [-0.25, -0.2) is 17.2 Å². The van der Waals surface area contributed by atoms with Crippen molar-refractivity contribution in [2.75, 3.05) is 37.4 Å². The fourth-order valence-corrected chi connectivity index (χ4v) is 4.92. The summed E-state index contributed by atoms with van der Waals surface area (Å²) >= 11 is 0. The van der Waals surface area contributed by atoms with E-state index in [1.165, 1.54) is 35.7 Å². The van der Waals surface area contributed by atoms with Crippen molar-refractivity contribution < 1.29 is 26.7 Å². The Morgan fingerprint density at radius 3 is 2.39 bits per heavy atom. The monoisotopic (exact) mass is 453 g/mol. The van der Waals surface area contributed by atoms with Gasteiger partial charge in [0.2, 0.25) is 15.9 Å². The molecule has 1 amide bonds. The molecule has 0 radical (unpaired) electrons. The number of rotatable bonds is 7. The summed E-state index contributed by atoms with van der Waals surface area (Å²) in [5.74, 6) is -2.23. The molecule has 0 bridgehead atoms. The molecule has 0 spiro atoms. The van der Waals surface area contributed by atoms with Crippen molar-refractivity contribution in [1.29, 1.82) is 0 Å². The van der Waals surface area contributed by atoms with Gasteiger partial charge in [-0.1, -0.05) is 12.8 Å². The van der Waals surface area contributed by atoms with Crippen LogP contribution in [0.25, 0.3) is 0 Å². The van der Waals surface area contributed by atoms with Gasteiger partial charge in [-0.3, -0.25) is 4.79 Å². The second kappa shape index (κ2) is 10.1. The molecule has 2 aromatic rings. The molecule has 1 heterocycles. The van der Waals surface area contributed by atoms with Gasteiger partial charge < -0.3 is 15.4 Å². The van der Waals surface area contributed by atoms with Crippen molar-refractivity contribution in [2.24, 2.45) is 0 Å². The Balaban J connectivity index is 1.72. The SMILES string of the molecule is COc1ccc(S(=O)(=O)N2CCCCCC2)cc1NCC(=O)Nc1ccc(F)c(F)c1. The first-order chi connectivity index (χ1) is 14.8. The summed E-state index contributed by atoms with van der Waals surface area (Å²) < 4.78 is 59.1. The Morgan fingerprint density at radius 1 is 1.03 bits per heavy atom. The van der Waals surface area contributed by atoms with Crippen molar-refractivity contribution in [1.82, 2.24) is 4.31 Å². The van der Waals surface area contributed by atoms with E-state index in [0.29, 0.717) is 24.5 Å². The van der Waals surface area contributed by atoms with E-state index < -0.39 is 27.6 Å². The van der Waals surface area contributed by atoms with E-state index in [4.69, 9.17) is 4.74 Å². The number of nitrogens with zero attached hydrogens (tertiary/aromatic N) is 1. The molecule has 168 valence electrons. The number of hydrogen-bond acceptors (Lipinski definition) is 5. The lowest BCUT2D eigenvalue weighted by atomic mass is 10.2. The van der Waals surface area contributed by atoms with Crippen LogP contribution in [0, 0.1) is 11.6 Å². The van der Waals surface area contributed by atoms with Gasteiger partial charge in [0.15, 0.2) is 11.6 Å². The third-order valence-electron chi connectivity index (χ3n) is 5.02. The van der Waals surface area contributed by atoms with Crippen molar-refractivity contribution in [3.05, 3.63) is 48.0 Å². The van der Waals surface area contributed by atoms with E-state index in [1.807, 2.05) is 0 Å². The standard InChI is InChI=1S/C21H25F2N3O4S/c1-30-20-9-7-16(31(28,29)26-10-4-2-3-5-11-26)13-19(20)24-14-21(27)25-15-6-8-17(22)18(23)12-15/h6-9,12-13,24H,2-5,10-11,14H2,1H3,(H,25,27). The number of carbonyl (C=O) groups excluding carboxylic acids is 1. The summed E-state index contributed by atoms with van der Waals surface area (Å²) in [6.45, 7) is 0.726. The summed E-state index contributed by atoms with van der Waals surface area (Å²) in [6, 6.07) is 7.47. The van der Waals surface area contributed by atoms with E-state index in [-0.39, 0.29) is 17.1 Å². The molecule has 2 aromatic carbocycles. The molecule has 3 rings (SSSR count). The number of halogens is 2. The minimum absolute atomic E-state index is 0.107. The molecule has 0 unspecified atom stereocenters. The van der Waals surface area contributed by atoms with Crippen molar-refractivity contribution in [2.45, 2.75) is 30.6 Å². The average Bonchev–Trinajstić information content (AvgIpc) is 3.05. The van der Waals surface area contributed by atoms with Crippen LogP contribution >= 0.6 is 0 Å². The highest BCUT2D eigenvalue weighted by Crippen LogP contribution is 2.29. The summed E-state index contributed by atoms with van der Waals surface area (Å²) in [4.78, 5) is 12.3. The van der Waals surface area contributed by atoms with Crippen LogP contribution < -0.4 is 15.4 Å². The van der Waals surface area contributed by atoms with Crippen LogP contribution in [-0.2, 0) is 14.8 Å². The zero-order chi connectivity index (χ0) is 22.4. The molecule has 10 heteroatoms. The maximum Gasteiger partial charge on any atom is 0.243 e. The van der Waals surface area contributed by atoms with E-state index in [9.17, 15) is 22.0 Å². The molecule has 1 aliphatic heterocycles. The van der Waals surface area contributed by atoms with Crippen LogP contribution in [0.1, 0.15) is 25.7 Å². The van der Waals surface area contributed by atoms with Gasteiger partial charge in [-0.2, -0.15) is 4.31 Å². The van der Waals surface area contributed by atoms with E-state index >= 15 is 0 Å². The highest BCUT2D eigenvalue weighted by molar-refractivity contribution is 7.89. The highest BCUT2D eigenvalue weighted by Gasteiger charge is 2.26. The second-order valence-corrected chi connectivity index (χ2v) is 9.15. The zero-order valence-electron chi connectivity index (χ0n) is 17.2. The molecular weight excluding hydrogens is 428 g/mol. The number of nitrogens with one attached hydrogen (secondary N) is 2. The van der Waals surface area contributed by atoms with Crippen LogP contribution in [0.4, 0.5) is 20.2 Å². The fraction of sp³-hybridized carbons (Fsp3) is 0.381. The normalized spacial score (nSPS) is 15.2. The third kappa shape index (κ3) is 5.71. The van der Waals surface area contributed by atoms with Crippen LogP contribution in [0.5, 0.6) is 5.75 Å². The first-order valence-electron chi connectivity index (χ1n) is 9.98. The minimum Gasteiger partial charge on any atom is -0.495 e. The lowest BCUT2D eigenvalue weighted by molar-refractivity contribution is -0.114. The lowest BCUT2D eigenvalue weighted by Crippen LogP contribution is -2.32. The van der Waals surface area contributed by atoms with E-state index in [0.717, 1.165) is 37.8 Å². The predicted molar refractivity (Wildman–Crippen MR) is 114 cm³/mol. The summed E-state index contributed by atoms with van der Waals surface area (Å²) in [7, 11) is -2.23. The topological polar surface area (TPSA) is 87.7 Å². The van der Waals surface area contributed by atoms with E-state index in [2.05, 4.69) is 10.6 Å². The minimum atomic E-state index is -3.67. The molecule has 1 aliphatic rings. The zero-order valence-corrected chi connectivity index (χ0v) is 18.0. The summed E-state index contributed by atoms with van der Waals surface area (Å²) in [6.07, 6.45) is 3.66. The fourth-order valence-electron chi connectivity index (χ4n) is 3.37. The van der Waals surface area contributed by atoms with E-state index in [1.54, 1.807) is 0 Å². The number of sulfonamides is 1. The Morgan fingerprint density at radius 2 is 1.74 bits per heavy atom. The quantitative estimate of drug-likeness (QED) is 0.669. The van der Waals surface area contributed by atoms with Gasteiger partial charge in [0.05, 0.1) is 24.2 Å². The Bertz CT molecular complexity index is 1040. The van der Waals surface area contributed by atoms with Gasteiger partial charge >= 0.3 is 0 Å². The number of benzene rings is 2. The Labute approximate surface area is 180 Å². The number of anilines is 2. The first kappa shape index (κ1) is 23.0. The molecule has 7 nitrogen and oxygen atoms in total. The van der Waals surface area contributed by atoms with Crippen LogP contribution in [-0.4, -0.2) is 45.4 Å². The summed E-state index contributed by atoms with van der Waals surface area (Å²) in [5, 5.41) is 5.30. The number of methoxy groups -OCH3 is 1. The number of carbonyl (C=O) groups is 1. The molecule has 1 fully saturated rings. The maximum atomic E-state index is 13.3. The number of amides is 1. The average molecular weight is 454 g/mol. The smallest absolute Gasteiger partial charge is 0.243 e. The number of ether oxygens (including phenoxy) is 1. The van der Waals surface area contributed by atoms with Gasteiger partial charge in [-0.15, -0.1) is 0 Å². The number of hydrogen-bond donors (Lipinski definition) is 2. The highest BCUT2D eigenvalue weighted by atomic mass is 32.2. The molecule has 1 saturated heterocycles. The van der Waals surface area contributed by atoms with Gasteiger partial charge in [0.25, 0.3) is 0 Å². The van der Waals surface area contributed by atoms with Gasteiger partial charge in [-0.05, 0) is 43.2 Å². The molecule has 2 N–H and O–H groups in total. The Hall–Kier alpha value is -2.72. The molecular formula is C21H25F2N3O4S. The molecule has 0 aliphatic carbocycles. The van der Waals surface area contributed by atoms with Crippen molar-refractivity contribution >= 4 is 27.3 Å². The molecule has 0 saturated carbocycles. The Kier molecular flexibility index (Phi) is 7.45. The van der Waals surface area contributed by atoms with Gasteiger partial charge in [0, 0.05) is 24.8 Å². The lowest BCUT2D eigenvalue weighted by Gasteiger charge is -2.21. The second-order valence-electron chi connectivity index (χ2n) is 7.21. The third-order valence-corrected chi connectivity index (χ3v) is 6.91. The van der Waals surface area contributed by atoms with Crippen LogP contribution in [0.2, 0.25) is 0 Å².